The number of rotatable bonds is 8. The third-order valence-electron chi connectivity index (χ3n) is 4.50. The van der Waals surface area contributed by atoms with Crippen molar-refractivity contribution in [2.24, 2.45) is 5.92 Å². The van der Waals surface area contributed by atoms with Gasteiger partial charge in [-0.3, -0.25) is 4.79 Å². The number of carbonyl (C=O) groups excluding carboxylic acids is 2. The smallest absolute Gasteiger partial charge is 0.329 e. The topological polar surface area (TPSA) is 58.6 Å². The molecular weight excluding hydrogens is 352 g/mol. The lowest BCUT2D eigenvalue weighted by atomic mass is 10.0. The van der Waals surface area contributed by atoms with Crippen molar-refractivity contribution in [3.63, 3.8) is 0 Å². The average Bonchev–Trinajstić information content (AvgIpc) is 2.64. The molecule has 2 aromatic carbocycles. The minimum Gasteiger partial charge on any atom is -0.459 e. The van der Waals surface area contributed by atoms with Gasteiger partial charge in [0.05, 0.1) is 0 Å². The van der Waals surface area contributed by atoms with Crippen LogP contribution in [0.2, 0.25) is 0 Å². The Kier molecular flexibility index (Phi) is 7.76. The highest BCUT2D eigenvalue weighted by Crippen LogP contribution is 2.12. The molecule has 0 saturated heterocycles. The number of ether oxygens (including phenoxy) is 1. The maximum absolute atomic E-state index is 12.6. The summed E-state index contributed by atoms with van der Waals surface area (Å²) in [6.07, 6.45) is 0. The number of amides is 1. The number of benzene rings is 2. The average molecular weight is 383 g/mol. The van der Waals surface area contributed by atoms with Crippen molar-refractivity contribution >= 4 is 11.9 Å². The van der Waals surface area contributed by atoms with E-state index in [2.05, 4.69) is 10.2 Å². The highest BCUT2D eigenvalue weighted by atomic mass is 16.5. The van der Waals surface area contributed by atoms with E-state index in [1.807, 2.05) is 77.3 Å². The second-order valence-electron chi connectivity index (χ2n) is 7.67. The van der Waals surface area contributed by atoms with Crippen molar-refractivity contribution in [3.8, 4) is 0 Å². The Bertz CT molecular complexity index is 798. The van der Waals surface area contributed by atoms with Crippen LogP contribution in [0.15, 0.2) is 48.5 Å². The molecule has 0 saturated carbocycles. The summed E-state index contributed by atoms with van der Waals surface area (Å²) in [4.78, 5) is 27.2. The third-order valence-corrected chi connectivity index (χ3v) is 4.50. The van der Waals surface area contributed by atoms with Gasteiger partial charge in [0.1, 0.15) is 12.6 Å². The second-order valence-corrected chi connectivity index (χ2v) is 7.67. The fourth-order valence-corrected chi connectivity index (χ4v) is 2.89. The Morgan fingerprint density at radius 2 is 1.61 bits per heavy atom. The molecule has 0 bridgehead atoms. The van der Waals surface area contributed by atoms with Gasteiger partial charge in [-0.2, -0.15) is 0 Å². The van der Waals surface area contributed by atoms with Gasteiger partial charge in [-0.05, 0) is 49.7 Å². The molecule has 1 N–H and O–H groups in total. The summed E-state index contributed by atoms with van der Waals surface area (Å²) in [7, 11) is 4.04. The molecule has 0 radical (unpaired) electrons. The predicted molar refractivity (Wildman–Crippen MR) is 111 cm³/mol. The van der Waals surface area contributed by atoms with Crippen molar-refractivity contribution in [2.45, 2.75) is 40.0 Å². The zero-order valence-electron chi connectivity index (χ0n) is 17.4. The van der Waals surface area contributed by atoms with E-state index in [0.717, 1.165) is 17.7 Å². The van der Waals surface area contributed by atoms with Crippen molar-refractivity contribution in [2.75, 3.05) is 14.1 Å². The first-order valence-corrected chi connectivity index (χ1v) is 9.53. The Labute approximate surface area is 167 Å². The van der Waals surface area contributed by atoms with Gasteiger partial charge in [-0.25, -0.2) is 4.79 Å². The van der Waals surface area contributed by atoms with Crippen LogP contribution in [0, 0.1) is 12.8 Å². The van der Waals surface area contributed by atoms with Crippen LogP contribution in [0.3, 0.4) is 0 Å². The molecule has 0 aliphatic carbocycles. The molecular formula is C23H30N2O3. The Morgan fingerprint density at radius 1 is 1.00 bits per heavy atom. The van der Waals surface area contributed by atoms with Crippen LogP contribution < -0.4 is 5.32 Å². The summed E-state index contributed by atoms with van der Waals surface area (Å²) < 4.78 is 5.48. The lowest BCUT2D eigenvalue weighted by Gasteiger charge is -2.21. The minimum atomic E-state index is -0.694. The number of carbonyl (C=O) groups is 2. The summed E-state index contributed by atoms with van der Waals surface area (Å²) in [5.74, 6) is -0.765. The predicted octanol–water partition coefficient (Wildman–Crippen LogP) is 3.55. The van der Waals surface area contributed by atoms with Gasteiger partial charge in [-0.15, -0.1) is 0 Å². The summed E-state index contributed by atoms with van der Waals surface area (Å²) in [5.41, 5.74) is 3.56. The van der Waals surface area contributed by atoms with Crippen LogP contribution in [0.5, 0.6) is 0 Å². The fraction of sp³-hybridized carbons (Fsp3) is 0.391. The van der Waals surface area contributed by atoms with Crippen molar-refractivity contribution in [3.05, 3.63) is 70.8 Å². The van der Waals surface area contributed by atoms with Crippen molar-refractivity contribution in [1.82, 2.24) is 10.2 Å². The van der Waals surface area contributed by atoms with Gasteiger partial charge in [-0.1, -0.05) is 56.3 Å². The maximum Gasteiger partial charge on any atom is 0.329 e. The van der Waals surface area contributed by atoms with E-state index in [4.69, 9.17) is 4.74 Å². The van der Waals surface area contributed by atoms with Crippen molar-refractivity contribution in [1.29, 1.82) is 0 Å². The zero-order chi connectivity index (χ0) is 20.7. The van der Waals surface area contributed by atoms with E-state index in [1.54, 1.807) is 6.07 Å². The molecule has 1 unspecified atom stereocenters. The number of esters is 1. The zero-order valence-corrected chi connectivity index (χ0v) is 17.4. The van der Waals surface area contributed by atoms with Crippen molar-refractivity contribution < 1.29 is 14.3 Å². The first-order valence-electron chi connectivity index (χ1n) is 9.53. The first-order chi connectivity index (χ1) is 13.3. The molecule has 2 rings (SSSR count). The van der Waals surface area contributed by atoms with E-state index in [-0.39, 0.29) is 18.4 Å². The number of hydrogen-bond acceptors (Lipinski definition) is 4. The summed E-state index contributed by atoms with van der Waals surface area (Å²) in [5, 5.41) is 2.82. The number of nitrogens with zero attached hydrogens (tertiary/aromatic N) is 1. The number of hydrogen-bond donors (Lipinski definition) is 1. The van der Waals surface area contributed by atoms with Crippen LogP contribution in [0.25, 0.3) is 0 Å². The molecule has 1 atom stereocenters. The van der Waals surface area contributed by atoms with E-state index >= 15 is 0 Å². The maximum atomic E-state index is 12.6. The van der Waals surface area contributed by atoms with E-state index in [1.165, 1.54) is 5.56 Å². The van der Waals surface area contributed by atoms with Crippen LogP contribution in [-0.4, -0.2) is 36.9 Å². The minimum absolute atomic E-state index is 0.0806. The van der Waals surface area contributed by atoms with Crippen LogP contribution in [0.4, 0.5) is 0 Å². The van der Waals surface area contributed by atoms with Gasteiger partial charge >= 0.3 is 5.97 Å². The quantitative estimate of drug-likeness (QED) is 0.710. The molecule has 0 aromatic heterocycles. The number of nitrogens with one attached hydrogen (secondary N) is 1. The molecule has 0 spiro atoms. The Balaban J connectivity index is 1.97. The molecule has 0 fully saturated rings. The SMILES string of the molecule is Cc1ccccc1C(=O)NC(C(=O)OCc1ccc(CN(C)C)cc1)C(C)C. The molecule has 28 heavy (non-hydrogen) atoms. The monoisotopic (exact) mass is 382 g/mol. The normalized spacial score (nSPS) is 12.1. The first kappa shape index (κ1) is 21.6. The standard InChI is InChI=1S/C23H30N2O3/c1-16(2)21(24-22(26)20-9-7-6-8-17(20)3)23(27)28-15-19-12-10-18(11-13-19)14-25(4)5/h6-13,16,21H,14-15H2,1-5H3,(H,24,26). The molecule has 0 aliphatic rings. The highest BCUT2D eigenvalue weighted by molar-refractivity contribution is 5.98. The molecule has 0 heterocycles. The molecule has 1 amide bonds. The van der Waals surface area contributed by atoms with Gasteiger partial charge in [0, 0.05) is 12.1 Å². The van der Waals surface area contributed by atoms with Gasteiger partial charge in [0.15, 0.2) is 0 Å². The lowest BCUT2D eigenvalue weighted by molar-refractivity contribution is -0.148. The van der Waals surface area contributed by atoms with Gasteiger partial charge in [0.25, 0.3) is 5.91 Å². The molecule has 0 aliphatic heterocycles. The Hall–Kier alpha value is -2.66. The van der Waals surface area contributed by atoms with Crippen LogP contribution in [0.1, 0.15) is 40.9 Å². The molecule has 2 aromatic rings. The molecule has 5 nitrogen and oxygen atoms in total. The molecule has 150 valence electrons. The highest BCUT2D eigenvalue weighted by Gasteiger charge is 2.26. The van der Waals surface area contributed by atoms with Crippen LogP contribution >= 0.6 is 0 Å². The second kappa shape index (κ2) is 10.0. The largest absolute Gasteiger partial charge is 0.459 e. The summed E-state index contributed by atoms with van der Waals surface area (Å²) >= 11 is 0. The fourth-order valence-electron chi connectivity index (χ4n) is 2.89. The number of aryl methyl sites for hydroxylation is 1. The van der Waals surface area contributed by atoms with Gasteiger partial charge < -0.3 is 15.0 Å². The lowest BCUT2D eigenvalue weighted by Crippen LogP contribution is -2.45. The van der Waals surface area contributed by atoms with E-state index in [9.17, 15) is 9.59 Å². The van der Waals surface area contributed by atoms with E-state index in [0.29, 0.717) is 5.56 Å². The Morgan fingerprint density at radius 3 is 2.18 bits per heavy atom. The third kappa shape index (κ3) is 6.20. The molecule has 5 heteroatoms. The van der Waals surface area contributed by atoms with E-state index < -0.39 is 12.0 Å². The summed E-state index contributed by atoms with van der Waals surface area (Å²) in [6, 6.07) is 14.6. The van der Waals surface area contributed by atoms with Gasteiger partial charge in [0.2, 0.25) is 0 Å². The van der Waals surface area contributed by atoms with Crippen LogP contribution in [-0.2, 0) is 22.7 Å². The summed E-state index contributed by atoms with van der Waals surface area (Å²) in [6.45, 7) is 6.70.